The van der Waals surface area contributed by atoms with Gasteiger partial charge in [-0.15, -0.1) is 0 Å². The molecule has 0 aromatic heterocycles. The molecule has 0 radical (unpaired) electrons. The molecule has 0 aliphatic carbocycles. The molecule has 0 fully saturated rings. The number of methoxy groups -OCH3 is 1. The molecule has 1 unspecified atom stereocenters. The Morgan fingerprint density at radius 1 is 0.912 bits per heavy atom. The number of hydrogen-bond donors (Lipinski definition) is 2. The van der Waals surface area contributed by atoms with Gasteiger partial charge < -0.3 is 10.1 Å². The fourth-order valence-electron chi connectivity index (χ4n) is 3.82. The molecule has 0 saturated carbocycles. The third kappa shape index (κ3) is 5.78. The highest BCUT2D eigenvalue weighted by molar-refractivity contribution is 7.92. The van der Waals surface area contributed by atoms with Gasteiger partial charge in [-0.1, -0.05) is 37.6 Å². The predicted octanol–water partition coefficient (Wildman–Crippen LogP) is 5.73. The molecule has 0 aliphatic rings. The van der Waals surface area contributed by atoms with Gasteiger partial charge in [-0.2, -0.15) is 0 Å². The molecule has 6 nitrogen and oxygen atoms in total. The van der Waals surface area contributed by atoms with Crippen molar-refractivity contribution in [2.24, 2.45) is 0 Å². The zero-order chi connectivity index (χ0) is 25.0. The number of aryl methyl sites for hydroxylation is 2. The van der Waals surface area contributed by atoms with Gasteiger partial charge in [0, 0.05) is 11.3 Å². The first-order valence-electron chi connectivity index (χ1n) is 11.2. The van der Waals surface area contributed by atoms with E-state index in [0.717, 1.165) is 28.0 Å². The van der Waals surface area contributed by atoms with Gasteiger partial charge in [0.15, 0.2) is 0 Å². The van der Waals surface area contributed by atoms with Gasteiger partial charge in [0.2, 0.25) is 0 Å². The molecular weight excluding hydrogens is 448 g/mol. The van der Waals surface area contributed by atoms with Gasteiger partial charge in [-0.05, 0) is 85.8 Å². The number of nitrogens with one attached hydrogen (secondary N) is 2. The van der Waals surface area contributed by atoms with Crippen molar-refractivity contribution in [3.8, 4) is 5.75 Å². The minimum atomic E-state index is -3.76. The molecular formula is C27H32N2O4S. The minimum absolute atomic E-state index is 0.164. The summed E-state index contributed by atoms with van der Waals surface area (Å²) in [5.74, 6) is 0.823. The summed E-state index contributed by atoms with van der Waals surface area (Å²) in [7, 11) is -2.10. The Morgan fingerprint density at radius 3 is 2.21 bits per heavy atom. The van der Waals surface area contributed by atoms with Crippen LogP contribution < -0.4 is 14.8 Å². The summed E-state index contributed by atoms with van der Waals surface area (Å²) in [5, 5.41) is 3.03. The van der Waals surface area contributed by atoms with Crippen molar-refractivity contribution in [2.75, 3.05) is 11.8 Å². The summed E-state index contributed by atoms with van der Waals surface area (Å²) in [6.45, 7) is 10.0. The maximum Gasteiger partial charge on any atom is 0.261 e. The minimum Gasteiger partial charge on any atom is -0.496 e. The molecule has 180 valence electrons. The summed E-state index contributed by atoms with van der Waals surface area (Å²) < 4.78 is 33.5. The Morgan fingerprint density at radius 2 is 1.59 bits per heavy atom. The predicted molar refractivity (Wildman–Crippen MR) is 136 cm³/mol. The van der Waals surface area contributed by atoms with Crippen LogP contribution >= 0.6 is 0 Å². The number of amides is 1. The fourth-order valence-corrected chi connectivity index (χ4v) is 4.87. The molecule has 3 aromatic carbocycles. The van der Waals surface area contributed by atoms with Crippen LogP contribution in [0.1, 0.15) is 65.3 Å². The molecule has 0 spiro atoms. The van der Waals surface area contributed by atoms with Crippen LogP contribution in [0.25, 0.3) is 0 Å². The smallest absolute Gasteiger partial charge is 0.261 e. The Labute approximate surface area is 202 Å². The van der Waals surface area contributed by atoms with Crippen LogP contribution in [-0.4, -0.2) is 21.4 Å². The third-order valence-electron chi connectivity index (χ3n) is 5.76. The van der Waals surface area contributed by atoms with E-state index in [1.165, 1.54) is 6.07 Å². The number of benzene rings is 3. The van der Waals surface area contributed by atoms with E-state index in [1.807, 2.05) is 26.8 Å². The second-order valence-corrected chi connectivity index (χ2v) is 10.5. The lowest BCUT2D eigenvalue weighted by atomic mass is 9.93. The Balaban J connectivity index is 1.79. The lowest BCUT2D eigenvalue weighted by Crippen LogP contribution is -2.27. The van der Waals surface area contributed by atoms with Crippen molar-refractivity contribution in [3.05, 3.63) is 88.5 Å². The highest BCUT2D eigenvalue weighted by Gasteiger charge is 2.19. The van der Waals surface area contributed by atoms with Gasteiger partial charge in [-0.25, -0.2) is 8.42 Å². The number of ether oxygens (including phenoxy) is 1. The molecule has 1 atom stereocenters. The van der Waals surface area contributed by atoms with Gasteiger partial charge in [-0.3, -0.25) is 9.52 Å². The number of sulfonamides is 1. The number of rotatable bonds is 8. The van der Waals surface area contributed by atoms with Crippen LogP contribution in [0.5, 0.6) is 5.75 Å². The van der Waals surface area contributed by atoms with Crippen molar-refractivity contribution in [2.45, 2.75) is 51.5 Å². The lowest BCUT2D eigenvalue weighted by Gasteiger charge is -2.21. The van der Waals surface area contributed by atoms with Crippen molar-refractivity contribution in [1.29, 1.82) is 0 Å². The first-order valence-corrected chi connectivity index (χ1v) is 12.7. The zero-order valence-electron chi connectivity index (χ0n) is 20.5. The van der Waals surface area contributed by atoms with Crippen LogP contribution in [0, 0.1) is 13.8 Å². The highest BCUT2D eigenvalue weighted by atomic mass is 32.2. The van der Waals surface area contributed by atoms with E-state index in [0.29, 0.717) is 11.3 Å². The van der Waals surface area contributed by atoms with Gasteiger partial charge in [0.05, 0.1) is 18.0 Å². The largest absolute Gasteiger partial charge is 0.496 e. The van der Waals surface area contributed by atoms with Gasteiger partial charge in [0.1, 0.15) is 5.75 Å². The van der Waals surface area contributed by atoms with Crippen LogP contribution in [0.3, 0.4) is 0 Å². The molecule has 34 heavy (non-hydrogen) atoms. The summed E-state index contributed by atoms with van der Waals surface area (Å²) in [6, 6.07) is 16.9. The van der Waals surface area contributed by atoms with Crippen molar-refractivity contribution in [3.63, 3.8) is 0 Å². The summed E-state index contributed by atoms with van der Waals surface area (Å²) in [4.78, 5) is 13.2. The zero-order valence-corrected chi connectivity index (χ0v) is 21.3. The van der Waals surface area contributed by atoms with Crippen molar-refractivity contribution >= 4 is 21.6 Å². The molecule has 0 aliphatic heterocycles. The average molecular weight is 481 g/mol. The van der Waals surface area contributed by atoms with Crippen LogP contribution in [0.4, 0.5) is 5.69 Å². The molecule has 1 amide bonds. The maximum absolute atomic E-state index is 13.0. The number of hydrogen-bond acceptors (Lipinski definition) is 4. The molecule has 0 saturated heterocycles. The van der Waals surface area contributed by atoms with E-state index in [-0.39, 0.29) is 22.8 Å². The molecule has 0 bridgehead atoms. The first kappa shape index (κ1) is 25.3. The van der Waals surface area contributed by atoms with E-state index in [4.69, 9.17) is 4.74 Å². The van der Waals surface area contributed by atoms with E-state index < -0.39 is 10.0 Å². The SMILES string of the molecule is COc1cc(C)c(C(C)NC(=O)c2cccc(NS(=O)(=O)c3ccc(C)cc3)c2)cc1C(C)C. The standard InChI is InChI=1S/C27H32N2O4S/c1-17(2)24-16-25(19(4)14-26(24)33-6)20(5)28-27(30)21-8-7-9-22(15-21)29-34(31,32)23-12-10-18(3)11-13-23/h7-17,20,29H,1-6H3,(H,28,30). The van der Waals surface area contributed by atoms with E-state index in [1.54, 1.807) is 49.6 Å². The Kier molecular flexibility index (Phi) is 7.67. The van der Waals surface area contributed by atoms with E-state index in [2.05, 4.69) is 30.0 Å². The van der Waals surface area contributed by atoms with Crippen LogP contribution in [0.2, 0.25) is 0 Å². The topological polar surface area (TPSA) is 84.5 Å². The van der Waals surface area contributed by atoms with Crippen molar-refractivity contribution in [1.82, 2.24) is 5.32 Å². The number of carbonyl (C=O) groups is 1. The van der Waals surface area contributed by atoms with Gasteiger partial charge >= 0.3 is 0 Å². The molecule has 3 aromatic rings. The molecule has 0 heterocycles. The number of anilines is 1. The summed E-state index contributed by atoms with van der Waals surface area (Å²) in [6.07, 6.45) is 0. The highest BCUT2D eigenvalue weighted by Crippen LogP contribution is 2.32. The van der Waals surface area contributed by atoms with Gasteiger partial charge in [0.25, 0.3) is 15.9 Å². The normalized spacial score (nSPS) is 12.3. The first-order chi connectivity index (χ1) is 16.0. The monoisotopic (exact) mass is 480 g/mol. The summed E-state index contributed by atoms with van der Waals surface area (Å²) in [5.41, 5.74) is 4.77. The Bertz CT molecular complexity index is 1280. The molecule has 2 N–H and O–H groups in total. The molecule has 7 heteroatoms. The lowest BCUT2D eigenvalue weighted by molar-refractivity contribution is 0.0940. The van der Waals surface area contributed by atoms with E-state index >= 15 is 0 Å². The van der Waals surface area contributed by atoms with E-state index in [9.17, 15) is 13.2 Å². The third-order valence-corrected chi connectivity index (χ3v) is 7.16. The summed E-state index contributed by atoms with van der Waals surface area (Å²) >= 11 is 0. The van der Waals surface area contributed by atoms with Crippen LogP contribution in [0.15, 0.2) is 65.6 Å². The number of carbonyl (C=O) groups excluding carboxylic acids is 1. The molecule has 3 rings (SSSR count). The second kappa shape index (κ2) is 10.3. The maximum atomic E-state index is 13.0. The second-order valence-electron chi connectivity index (χ2n) is 8.80. The fraction of sp³-hybridized carbons (Fsp3) is 0.296. The van der Waals surface area contributed by atoms with Crippen molar-refractivity contribution < 1.29 is 17.9 Å². The van der Waals surface area contributed by atoms with Crippen LogP contribution in [-0.2, 0) is 10.0 Å². The average Bonchev–Trinajstić information content (AvgIpc) is 2.78. The Hall–Kier alpha value is -3.32. The quantitative estimate of drug-likeness (QED) is 0.431.